The summed E-state index contributed by atoms with van der Waals surface area (Å²) in [6.07, 6.45) is 0. The Balaban J connectivity index is 2.29. The highest BCUT2D eigenvalue weighted by Gasteiger charge is 2.17. The van der Waals surface area contributed by atoms with Gasteiger partial charge in [0.1, 0.15) is 11.6 Å². The Morgan fingerprint density at radius 1 is 1.05 bits per heavy atom. The van der Waals surface area contributed by atoms with Crippen LogP contribution in [0, 0.1) is 21.7 Å². The van der Waals surface area contributed by atoms with Gasteiger partial charge in [-0.05, 0) is 36.4 Å². The molecule has 2 aromatic carbocycles. The van der Waals surface area contributed by atoms with E-state index in [-0.39, 0.29) is 17.0 Å². The SMILES string of the molecule is O=[N+]([O-])c1ccc(F)cc1CS(=O)c1ccc(F)cc1. The highest BCUT2D eigenvalue weighted by atomic mass is 32.2. The quantitative estimate of drug-likeness (QED) is 0.643. The molecule has 4 nitrogen and oxygen atoms in total. The number of benzene rings is 2. The summed E-state index contributed by atoms with van der Waals surface area (Å²) in [5, 5.41) is 10.8. The van der Waals surface area contributed by atoms with Crippen molar-refractivity contribution in [3.8, 4) is 0 Å². The maximum Gasteiger partial charge on any atom is 0.273 e. The molecule has 0 aliphatic carbocycles. The van der Waals surface area contributed by atoms with Gasteiger partial charge in [-0.2, -0.15) is 0 Å². The second kappa shape index (κ2) is 5.87. The molecule has 1 unspecified atom stereocenters. The molecule has 0 fully saturated rings. The molecule has 0 radical (unpaired) electrons. The molecule has 2 rings (SSSR count). The van der Waals surface area contributed by atoms with E-state index in [1.54, 1.807) is 0 Å². The monoisotopic (exact) mass is 297 g/mol. The van der Waals surface area contributed by atoms with Crippen molar-refractivity contribution < 1.29 is 17.9 Å². The van der Waals surface area contributed by atoms with Gasteiger partial charge in [-0.25, -0.2) is 8.78 Å². The van der Waals surface area contributed by atoms with Gasteiger partial charge in [0.05, 0.1) is 21.5 Å². The van der Waals surface area contributed by atoms with Crippen LogP contribution in [0.15, 0.2) is 47.4 Å². The zero-order chi connectivity index (χ0) is 14.7. The zero-order valence-electron chi connectivity index (χ0n) is 10.1. The molecular formula is C13H9F2NO3S. The number of halogens is 2. The molecule has 0 saturated heterocycles. The summed E-state index contributed by atoms with van der Waals surface area (Å²) >= 11 is 0. The number of nitro groups is 1. The lowest BCUT2D eigenvalue weighted by molar-refractivity contribution is -0.385. The van der Waals surface area contributed by atoms with Gasteiger partial charge in [-0.3, -0.25) is 14.3 Å². The Hall–Kier alpha value is -2.15. The second-order valence-electron chi connectivity index (χ2n) is 3.97. The lowest BCUT2D eigenvalue weighted by Crippen LogP contribution is -2.01. The Kier molecular flexibility index (Phi) is 4.19. The molecule has 20 heavy (non-hydrogen) atoms. The topological polar surface area (TPSA) is 60.2 Å². The van der Waals surface area contributed by atoms with E-state index in [1.165, 1.54) is 12.1 Å². The lowest BCUT2D eigenvalue weighted by Gasteiger charge is -2.04. The van der Waals surface area contributed by atoms with Crippen LogP contribution in [0.2, 0.25) is 0 Å². The Morgan fingerprint density at radius 2 is 1.65 bits per heavy atom. The maximum atomic E-state index is 13.1. The van der Waals surface area contributed by atoms with Gasteiger partial charge >= 0.3 is 0 Å². The van der Waals surface area contributed by atoms with Gasteiger partial charge in [0.2, 0.25) is 0 Å². The Bertz CT molecular complexity index is 674. The van der Waals surface area contributed by atoms with Crippen molar-refractivity contribution in [1.82, 2.24) is 0 Å². The summed E-state index contributed by atoms with van der Waals surface area (Å²) in [6, 6.07) is 7.95. The molecular weight excluding hydrogens is 288 g/mol. The van der Waals surface area contributed by atoms with Crippen LogP contribution in [0.4, 0.5) is 14.5 Å². The third kappa shape index (κ3) is 3.24. The first-order valence-electron chi connectivity index (χ1n) is 5.54. The fourth-order valence-corrected chi connectivity index (χ4v) is 2.78. The van der Waals surface area contributed by atoms with Crippen LogP contribution in [-0.2, 0) is 16.6 Å². The average molecular weight is 297 g/mol. The third-order valence-electron chi connectivity index (χ3n) is 2.60. The van der Waals surface area contributed by atoms with E-state index in [0.717, 1.165) is 30.3 Å². The molecule has 0 amide bonds. The summed E-state index contributed by atoms with van der Waals surface area (Å²) in [7, 11) is -1.62. The minimum atomic E-state index is -1.62. The molecule has 0 aromatic heterocycles. The van der Waals surface area contributed by atoms with Gasteiger partial charge in [-0.1, -0.05) is 0 Å². The smallest absolute Gasteiger partial charge is 0.258 e. The molecule has 0 aliphatic rings. The number of hydrogen-bond acceptors (Lipinski definition) is 3. The van der Waals surface area contributed by atoms with E-state index in [1.807, 2.05) is 0 Å². The van der Waals surface area contributed by atoms with E-state index in [4.69, 9.17) is 0 Å². The van der Waals surface area contributed by atoms with E-state index >= 15 is 0 Å². The van der Waals surface area contributed by atoms with Crippen molar-refractivity contribution in [2.24, 2.45) is 0 Å². The van der Waals surface area contributed by atoms with Crippen LogP contribution in [0.25, 0.3) is 0 Å². The first kappa shape index (κ1) is 14.3. The highest BCUT2D eigenvalue weighted by Crippen LogP contribution is 2.23. The van der Waals surface area contributed by atoms with E-state index in [9.17, 15) is 23.1 Å². The van der Waals surface area contributed by atoms with Crippen LogP contribution >= 0.6 is 0 Å². The fourth-order valence-electron chi connectivity index (χ4n) is 1.66. The van der Waals surface area contributed by atoms with Crippen LogP contribution < -0.4 is 0 Å². The minimum absolute atomic E-state index is 0.0395. The van der Waals surface area contributed by atoms with Crippen LogP contribution in [0.1, 0.15) is 5.56 Å². The Morgan fingerprint density at radius 3 is 2.25 bits per heavy atom. The molecule has 7 heteroatoms. The summed E-state index contributed by atoms with van der Waals surface area (Å²) < 4.78 is 38.0. The Labute approximate surface area is 115 Å². The number of nitrogens with zero attached hydrogens (tertiary/aromatic N) is 1. The van der Waals surface area contributed by atoms with Gasteiger partial charge in [-0.15, -0.1) is 0 Å². The van der Waals surface area contributed by atoms with Gasteiger partial charge < -0.3 is 0 Å². The van der Waals surface area contributed by atoms with Crippen molar-refractivity contribution in [1.29, 1.82) is 0 Å². The standard InChI is InChI=1S/C13H9F2NO3S/c14-10-1-4-12(5-2-10)20(19)8-9-7-11(15)3-6-13(9)16(17)18/h1-7H,8H2. The van der Waals surface area contributed by atoms with Crippen LogP contribution in [0.3, 0.4) is 0 Å². The molecule has 0 heterocycles. The molecule has 2 aromatic rings. The fraction of sp³-hybridized carbons (Fsp3) is 0.0769. The van der Waals surface area contributed by atoms with Crippen molar-refractivity contribution >= 4 is 16.5 Å². The largest absolute Gasteiger partial charge is 0.273 e. The second-order valence-corrected chi connectivity index (χ2v) is 5.43. The molecule has 1 atom stereocenters. The summed E-state index contributed by atoms with van der Waals surface area (Å²) in [5.74, 6) is -1.32. The first-order chi connectivity index (χ1) is 9.47. The predicted octanol–water partition coefficient (Wildman–Crippen LogP) is 3.18. The molecule has 0 spiro atoms. The summed E-state index contributed by atoms with van der Waals surface area (Å²) in [5.41, 5.74) is -0.250. The minimum Gasteiger partial charge on any atom is -0.258 e. The van der Waals surface area contributed by atoms with Crippen molar-refractivity contribution in [2.45, 2.75) is 10.6 Å². The van der Waals surface area contributed by atoms with Gasteiger partial charge in [0.15, 0.2) is 0 Å². The summed E-state index contributed by atoms with van der Waals surface area (Å²) in [4.78, 5) is 10.5. The zero-order valence-corrected chi connectivity index (χ0v) is 10.9. The predicted molar refractivity (Wildman–Crippen MR) is 69.6 cm³/mol. The van der Waals surface area contributed by atoms with Crippen LogP contribution in [0.5, 0.6) is 0 Å². The lowest BCUT2D eigenvalue weighted by atomic mass is 10.2. The van der Waals surface area contributed by atoms with Gasteiger partial charge in [0, 0.05) is 16.5 Å². The molecule has 104 valence electrons. The normalized spacial score (nSPS) is 12.1. The van der Waals surface area contributed by atoms with Crippen molar-refractivity contribution in [3.63, 3.8) is 0 Å². The van der Waals surface area contributed by atoms with Gasteiger partial charge in [0.25, 0.3) is 5.69 Å². The molecule has 0 N–H and O–H groups in total. The van der Waals surface area contributed by atoms with Crippen LogP contribution in [-0.4, -0.2) is 9.13 Å². The molecule has 0 bridgehead atoms. The van der Waals surface area contributed by atoms with E-state index in [0.29, 0.717) is 4.90 Å². The third-order valence-corrected chi connectivity index (χ3v) is 3.97. The number of hydrogen-bond donors (Lipinski definition) is 0. The number of nitro benzene ring substituents is 1. The molecule has 0 aliphatic heterocycles. The maximum absolute atomic E-state index is 13.1. The van der Waals surface area contributed by atoms with E-state index in [2.05, 4.69) is 0 Å². The van der Waals surface area contributed by atoms with Crippen molar-refractivity contribution in [3.05, 3.63) is 69.8 Å². The summed E-state index contributed by atoms with van der Waals surface area (Å²) in [6.45, 7) is 0. The first-order valence-corrected chi connectivity index (χ1v) is 6.86. The highest BCUT2D eigenvalue weighted by molar-refractivity contribution is 7.84. The van der Waals surface area contributed by atoms with Crippen molar-refractivity contribution in [2.75, 3.05) is 0 Å². The average Bonchev–Trinajstić information content (AvgIpc) is 2.39. The number of rotatable bonds is 4. The molecule has 0 saturated carbocycles. The van der Waals surface area contributed by atoms with E-state index < -0.39 is 27.4 Å².